The van der Waals surface area contributed by atoms with Crippen molar-refractivity contribution in [3.05, 3.63) is 0 Å². The first-order valence-corrected chi connectivity index (χ1v) is 6.08. The standard InChI is InChI=1S/C12H19F3N2O/c1-8(2)17-11(6-16,10-4-5-10)7-18-9(3)12(13,14)15/h8-10,17H,4-5,7H2,1-3H3. The molecule has 1 fully saturated rings. The minimum atomic E-state index is -4.39. The summed E-state index contributed by atoms with van der Waals surface area (Å²) in [5, 5.41) is 12.3. The van der Waals surface area contributed by atoms with Crippen LogP contribution in [0.15, 0.2) is 0 Å². The number of nitriles is 1. The summed E-state index contributed by atoms with van der Waals surface area (Å²) < 4.78 is 42.0. The normalized spacial score (nSPS) is 21.4. The van der Waals surface area contributed by atoms with Gasteiger partial charge in [0.15, 0.2) is 6.10 Å². The largest absolute Gasteiger partial charge is 0.414 e. The van der Waals surface area contributed by atoms with Gasteiger partial charge in [-0.2, -0.15) is 18.4 Å². The molecule has 1 aliphatic rings. The second-order valence-corrected chi connectivity index (χ2v) is 5.15. The number of halogens is 3. The van der Waals surface area contributed by atoms with Gasteiger partial charge in [0, 0.05) is 6.04 Å². The number of ether oxygens (including phenoxy) is 1. The molecule has 0 bridgehead atoms. The minimum absolute atomic E-state index is 0.0232. The third-order valence-electron chi connectivity index (χ3n) is 3.04. The summed E-state index contributed by atoms with van der Waals surface area (Å²) in [4.78, 5) is 0. The molecule has 0 heterocycles. The quantitative estimate of drug-likeness (QED) is 0.802. The van der Waals surface area contributed by atoms with Crippen molar-refractivity contribution in [2.45, 2.75) is 57.5 Å². The molecule has 2 unspecified atom stereocenters. The molecule has 6 heteroatoms. The van der Waals surface area contributed by atoms with Crippen molar-refractivity contribution in [1.29, 1.82) is 5.26 Å². The summed E-state index contributed by atoms with van der Waals surface area (Å²) in [5.41, 5.74) is -0.992. The zero-order chi connectivity index (χ0) is 14.0. The summed E-state index contributed by atoms with van der Waals surface area (Å²) in [6, 6.07) is 2.14. The number of rotatable bonds is 6. The first kappa shape index (κ1) is 15.3. The molecule has 3 nitrogen and oxygen atoms in total. The van der Waals surface area contributed by atoms with Crippen molar-refractivity contribution in [2.75, 3.05) is 6.61 Å². The summed E-state index contributed by atoms with van der Waals surface area (Å²) in [6.45, 7) is 4.46. The molecule has 0 aromatic rings. The average molecular weight is 264 g/mol. The van der Waals surface area contributed by atoms with E-state index >= 15 is 0 Å². The van der Waals surface area contributed by atoms with E-state index in [4.69, 9.17) is 4.74 Å². The average Bonchev–Trinajstić information content (AvgIpc) is 3.05. The van der Waals surface area contributed by atoms with Gasteiger partial charge in [0.1, 0.15) is 5.54 Å². The van der Waals surface area contributed by atoms with Crippen LogP contribution in [0, 0.1) is 17.2 Å². The SMILES string of the molecule is CC(C)NC(C#N)(COC(C)C(F)(F)F)C1CC1. The zero-order valence-electron chi connectivity index (χ0n) is 10.8. The molecule has 1 aliphatic carbocycles. The maximum absolute atomic E-state index is 12.4. The van der Waals surface area contributed by atoms with E-state index < -0.39 is 17.8 Å². The van der Waals surface area contributed by atoms with Crippen LogP contribution in [0.5, 0.6) is 0 Å². The maximum atomic E-state index is 12.4. The van der Waals surface area contributed by atoms with Gasteiger partial charge < -0.3 is 4.74 Å². The van der Waals surface area contributed by atoms with E-state index in [2.05, 4.69) is 11.4 Å². The Hall–Kier alpha value is -0.800. The Kier molecular flexibility index (Phi) is 4.62. The van der Waals surface area contributed by atoms with Crippen molar-refractivity contribution < 1.29 is 17.9 Å². The Balaban J connectivity index is 2.65. The van der Waals surface area contributed by atoms with E-state index in [1.807, 2.05) is 13.8 Å². The maximum Gasteiger partial charge on any atom is 0.414 e. The van der Waals surface area contributed by atoms with Crippen LogP contribution >= 0.6 is 0 Å². The molecule has 1 rings (SSSR count). The Labute approximate surface area is 105 Å². The fourth-order valence-electron chi connectivity index (χ4n) is 1.88. The summed E-state index contributed by atoms with van der Waals surface area (Å²) in [6.07, 6.45) is -4.52. The van der Waals surface area contributed by atoms with Crippen molar-refractivity contribution in [3.63, 3.8) is 0 Å². The van der Waals surface area contributed by atoms with Gasteiger partial charge in [-0.05, 0) is 39.5 Å². The van der Waals surface area contributed by atoms with Gasteiger partial charge in [-0.25, -0.2) is 0 Å². The van der Waals surface area contributed by atoms with E-state index in [0.29, 0.717) is 0 Å². The molecule has 0 aromatic carbocycles. The topological polar surface area (TPSA) is 45.0 Å². The Morgan fingerprint density at radius 2 is 1.89 bits per heavy atom. The predicted molar refractivity (Wildman–Crippen MR) is 60.8 cm³/mol. The second-order valence-electron chi connectivity index (χ2n) is 5.15. The molecule has 0 amide bonds. The molecule has 1 saturated carbocycles. The fourth-order valence-corrected chi connectivity index (χ4v) is 1.88. The van der Waals surface area contributed by atoms with Crippen molar-refractivity contribution in [2.24, 2.45) is 5.92 Å². The van der Waals surface area contributed by atoms with Gasteiger partial charge in [-0.3, -0.25) is 5.32 Å². The van der Waals surface area contributed by atoms with Crippen LogP contribution in [0.3, 0.4) is 0 Å². The molecule has 18 heavy (non-hydrogen) atoms. The number of nitrogens with zero attached hydrogens (tertiary/aromatic N) is 1. The summed E-state index contributed by atoms with van der Waals surface area (Å²) in [5.74, 6) is 0.0883. The van der Waals surface area contributed by atoms with Crippen LogP contribution in [0.4, 0.5) is 13.2 Å². The summed E-state index contributed by atoms with van der Waals surface area (Å²) >= 11 is 0. The van der Waals surface area contributed by atoms with Crippen LogP contribution in [-0.2, 0) is 4.74 Å². The molecule has 0 aromatic heterocycles. The molecular weight excluding hydrogens is 245 g/mol. The number of hydrogen-bond acceptors (Lipinski definition) is 3. The predicted octanol–water partition coefficient (Wildman–Crippen LogP) is 2.62. The first-order chi connectivity index (χ1) is 8.21. The van der Waals surface area contributed by atoms with Gasteiger partial charge in [0.2, 0.25) is 0 Å². The van der Waals surface area contributed by atoms with E-state index in [0.717, 1.165) is 19.8 Å². The highest BCUT2D eigenvalue weighted by Crippen LogP contribution is 2.40. The lowest BCUT2D eigenvalue weighted by molar-refractivity contribution is -0.217. The summed E-state index contributed by atoms with van der Waals surface area (Å²) in [7, 11) is 0. The Morgan fingerprint density at radius 1 is 1.33 bits per heavy atom. The lowest BCUT2D eigenvalue weighted by Gasteiger charge is -2.31. The molecule has 0 aliphatic heterocycles. The molecule has 0 spiro atoms. The van der Waals surface area contributed by atoms with Crippen LogP contribution in [0.25, 0.3) is 0 Å². The van der Waals surface area contributed by atoms with Crippen LogP contribution in [0.2, 0.25) is 0 Å². The van der Waals surface area contributed by atoms with E-state index in [-0.39, 0.29) is 18.6 Å². The highest BCUT2D eigenvalue weighted by Gasteiger charge is 2.48. The third-order valence-corrected chi connectivity index (χ3v) is 3.04. The number of alkyl halides is 3. The third kappa shape index (κ3) is 3.85. The monoisotopic (exact) mass is 264 g/mol. The second kappa shape index (κ2) is 5.45. The minimum Gasteiger partial charge on any atom is -0.366 e. The molecule has 104 valence electrons. The smallest absolute Gasteiger partial charge is 0.366 e. The van der Waals surface area contributed by atoms with E-state index in [1.54, 1.807) is 0 Å². The number of nitrogens with one attached hydrogen (secondary N) is 1. The molecule has 0 radical (unpaired) electrons. The Morgan fingerprint density at radius 3 is 2.22 bits per heavy atom. The van der Waals surface area contributed by atoms with Crippen molar-refractivity contribution in [1.82, 2.24) is 5.32 Å². The van der Waals surface area contributed by atoms with Gasteiger partial charge in [-0.15, -0.1) is 0 Å². The molecule has 1 N–H and O–H groups in total. The number of hydrogen-bond donors (Lipinski definition) is 1. The molecule has 2 atom stereocenters. The van der Waals surface area contributed by atoms with E-state index in [1.165, 1.54) is 0 Å². The van der Waals surface area contributed by atoms with Gasteiger partial charge in [0.25, 0.3) is 0 Å². The van der Waals surface area contributed by atoms with Gasteiger partial charge in [0.05, 0.1) is 12.7 Å². The zero-order valence-corrected chi connectivity index (χ0v) is 10.8. The van der Waals surface area contributed by atoms with E-state index in [9.17, 15) is 18.4 Å². The lowest BCUT2D eigenvalue weighted by Crippen LogP contribution is -2.54. The van der Waals surface area contributed by atoms with Crippen molar-refractivity contribution in [3.8, 4) is 6.07 Å². The fraction of sp³-hybridized carbons (Fsp3) is 0.917. The van der Waals surface area contributed by atoms with Gasteiger partial charge >= 0.3 is 6.18 Å². The van der Waals surface area contributed by atoms with Gasteiger partial charge in [-0.1, -0.05) is 0 Å². The Bertz CT molecular complexity index is 320. The van der Waals surface area contributed by atoms with Crippen LogP contribution in [-0.4, -0.2) is 30.5 Å². The van der Waals surface area contributed by atoms with Crippen molar-refractivity contribution >= 4 is 0 Å². The first-order valence-electron chi connectivity index (χ1n) is 6.08. The lowest BCUT2D eigenvalue weighted by atomic mass is 9.95. The van der Waals surface area contributed by atoms with Crippen LogP contribution in [0.1, 0.15) is 33.6 Å². The molecular formula is C12H19F3N2O. The highest BCUT2D eigenvalue weighted by molar-refractivity contribution is 5.16. The highest BCUT2D eigenvalue weighted by atomic mass is 19.4. The van der Waals surface area contributed by atoms with Crippen LogP contribution < -0.4 is 5.32 Å². The molecule has 0 saturated heterocycles.